The van der Waals surface area contributed by atoms with Crippen LogP contribution in [0, 0.1) is 0 Å². The molecule has 15 nitrogen and oxygen atoms in total. The number of amides is 3. The van der Waals surface area contributed by atoms with Crippen LogP contribution in [0.3, 0.4) is 0 Å². The fraction of sp³-hybridized carbons (Fsp3) is 0.421. The van der Waals surface area contributed by atoms with E-state index in [9.17, 15) is 40.8 Å². The number of urea groups is 1. The standard InChI is InChI=1S/C38H42Cl2F3N5O10S/c1-7-59(53,54)30-11-9-23(39)14-22(30)18-47-33(49)26-16-29(57-38(41,42)43)27(31(40)32(26)45-34(47)50)20-46-19-24(48(35(46)51)36(52)58-37(2,3)4)12-13-44-17-21-8-10-25(55-5)15-28(21)56-6/h8-11,14-16,24,44H,7,12-13,17-20H2,1-6H3,(H,45,50). The lowest BCUT2D eigenvalue weighted by Crippen LogP contribution is -2.44. The van der Waals surface area contributed by atoms with Crippen molar-refractivity contribution in [2.75, 3.05) is 33.1 Å². The average molecular weight is 889 g/mol. The number of nitrogens with zero attached hydrogens (tertiary/aromatic N) is 3. The van der Waals surface area contributed by atoms with Crippen LogP contribution < -0.4 is 30.8 Å². The highest BCUT2D eigenvalue weighted by Crippen LogP contribution is 2.38. The summed E-state index contributed by atoms with van der Waals surface area (Å²) in [5.74, 6) is -0.112. The number of aromatic amines is 1. The number of hydrogen-bond donors (Lipinski definition) is 2. The summed E-state index contributed by atoms with van der Waals surface area (Å²) in [7, 11) is -0.828. The van der Waals surface area contributed by atoms with Gasteiger partial charge in [-0.15, -0.1) is 13.2 Å². The molecule has 0 bridgehead atoms. The zero-order valence-electron chi connectivity index (χ0n) is 32.8. The van der Waals surface area contributed by atoms with Crippen LogP contribution in [0.4, 0.5) is 22.8 Å². The van der Waals surface area contributed by atoms with Gasteiger partial charge >= 0.3 is 24.2 Å². The van der Waals surface area contributed by atoms with Gasteiger partial charge < -0.3 is 34.1 Å². The summed E-state index contributed by atoms with van der Waals surface area (Å²) in [4.78, 5) is 58.7. The monoisotopic (exact) mass is 887 g/mol. The van der Waals surface area contributed by atoms with Gasteiger partial charge in [0.05, 0.1) is 59.9 Å². The van der Waals surface area contributed by atoms with Crippen LogP contribution in [-0.2, 0) is 34.2 Å². The summed E-state index contributed by atoms with van der Waals surface area (Å²) in [5.41, 5.74) is -3.24. The minimum absolute atomic E-state index is 0.0203. The van der Waals surface area contributed by atoms with Crippen molar-refractivity contribution in [2.45, 2.75) is 76.7 Å². The van der Waals surface area contributed by atoms with Crippen molar-refractivity contribution >= 4 is 56.1 Å². The van der Waals surface area contributed by atoms with Crippen LogP contribution >= 0.6 is 23.2 Å². The molecule has 4 aromatic rings. The van der Waals surface area contributed by atoms with Gasteiger partial charge in [0.1, 0.15) is 22.8 Å². The van der Waals surface area contributed by atoms with E-state index < -0.39 is 86.0 Å². The van der Waals surface area contributed by atoms with Crippen molar-refractivity contribution in [3.63, 3.8) is 0 Å². The average Bonchev–Trinajstić information content (AvgIpc) is 3.46. The topological polar surface area (TPSA) is 179 Å². The Kier molecular flexibility index (Phi) is 13.5. The van der Waals surface area contributed by atoms with Gasteiger partial charge in [0.15, 0.2) is 9.84 Å². The number of hydrogen-bond acceptors (Lipinski definition) is 11. The summed E-state index contributed by atoms with van der Waals surface area (Å²) in [5, 5.41) is 2.28. The van der Waals surface area contributed by atoms with Gasteiger partial charge in [0, 0.05) is 35.3 Å². The first kappa shape index (κ1) is 45.1. The van der Waals surface area contributed by atoms with E-state index in [1.165, 1.54) is 39.3 Å². The van der Waals surface area contributed by atoms with Crippen LogP contribution in [0.5, 0.6) is 17.2 Å². The summed E-state index contributed by atoms with van der Waals surface area (Å²) >= 11 is 12.8. The molecule has 1 aliphatic rings. The van der Waals surface area contributed by atoms with Crippen LogP contribution in [0.25, 0.3) is 10.9 Å². The number of imide groups is 1. The van der Waals surface area contributed by atoms with Gasteiger partial charge in [0.2, 0.25) is 0 Å². The summed E-state index contributed by atoms with van der Waals surface area (Å²) < 4.78 is 88.5. The van der Waals surface area contributed by atoms with Crippen molar-refractivity contribution in [3.8, 4) is 17.2 Å². The third-order valence-corrected chi connectivity index (χ3v) is 11.7. The molecule has 3 aromatic carbocycles. The predicted molar refractivity (Wildman–Crippen MR) is 212 cm³/mol. The molecule has 2 heterocycles. The van der Waals surface area contributed by atoms with Gasteiger partial charge in [-0.1, -0.05) is 36.2 Å². The number of carbonyl (C=O) groups is 2. The minimum atomic E-state index is -5.31. The predicted octanol–water partition coefficient (Wildman–Crippen LogP) is 6.48. The van der Waals surface area contributed by atoms with Gasteiger partial charge in [-0.2, -0.15) is 0 Å². The lowest BCUT2D eigenvalue weighted by Gasteiger charge is -2.26. The molecular weight excluding hydrogens is 846 g/mol. The van der Waals surface area contributed by atoms with Crippen LogP contribution in [0.1, 0.15) is 50.8 Å². The van der Waals surface area contributed by atoms with Gasteiger partial charge in [-0.05, 0) is 69.6 Å². The maximum Gasteiger partial charge on any atom is 0.573 e. The molecule has 1 aliphatic heterocycles. The highest BCUT2D eigenvalue weighted by molar-refractivity contribution is 7.91. The van der Waals surface area contributed by atoms with E-state index in [1.54, 1.807) is 32.9 Å². The molecule has 320 valence electrons. The number of methoxy groups -OCH3 is 2. The lowest BCUT2D eigenvalue weighted by molar-refractivity contribution is -0.274. The normalized spacial score (nSPS) is 14.9. The van der Waals surface area contributed by atoms with Crippen LogP contribution in [0.15, 0.2) is 56.9 Å². The molecule has 21 heteroatoms. The smallest absolute Gasteiger partial charge is 0.497 e. The first-order valence-electron chi connectivity index (χ1n) is 18.0. The number of nitrogens with one attached hydrogen (secondary N) is 2. The number of halogens is 5. The number of sulfone groups is 1. The van der Waals surface area contributed by atoms with Crippen LogP contribution in [0.2, 0.25) is 10.0 Å². The van der Waals surface area contributed by atoms with Gasteiger partial charge in [-0.3, -0.25) is 9.36 Å². The maximum absolute atomic E-state index is 13.9. The number of carbonyl (C=O) groups excluding carboxylic acids is 2. The first-order valence-corrected chi connectivity index (χ1v) is 20.5. The molecule has 1 saturated heterocycles. The zero-order chi connectivity index (χ0) is 43.6. The minimum Gasteiger partial charge on any atom is -0.497 e. The SMILES string of the molecule is CCS(=O)(=O)c1ccc(Cl)cc1Cn1c(=O)[nH]c2c(Cl)c(CN3CC(CCNCc4ccc(OC)cc4OC)N(C(=O)OC(C)(C)C)C3=O)c(OC(F)(F)F)cc2c1=O. The second-order valence-corrected chi connectivity index (χ2v) is 17.5. The second-order valence-electron chi connectivity index (χ2n) is 14.4. The van der Waals surface area contributed by atoms with E-state index in [2.05, 4.69) is 15.0 Å². The second kappa shape index (κ2) is 17.7. The molecule has 1 fully saturated rings. The maximum atomic E-state index is 13.9. The fourth-order valence-electron chi connectivity index (χ4n) is 6.47. The Bertz CT molecular complexity index is 2490. The fourth-order valence-corrected chi connectivity index (χ4v) is 8.08. The molecule has 5 rings (SSSR count). The Morgan fingerprint density at radius 3 is 2.31 bits per heavy atom. The van der Waals surface area contributed by atoms with E-state index in [1.807, 2.05) is 6.07 Å². The number of fused-ring (bicyclic) bond motifs is 1. The van der Waals surface area contributed by atoms with Crippen molar-refractivity contribution < 1.29 is 50.1 Å². The number of H-pyrrole nitrogens is 1. The quantitative estimate of drug-likeness (QED) is 0.133. The van der Waals surface area contributed by atoms with E-state index in [0.29, 0.717) is 22.6 Å². The largest absolute Gasteiger partial charge is 0.573 e. The van der Waals surface area contributed by atoms with Crippen molar-refractivity contribution in [1.29, 1.82) is 0 Å². The Morgan fingerprint density at radius 2 is 1.68 bits per heavy atom. The van der Waals surface area contributed by atoms with E-state index in [-0.39, 0.29) is 46.3 Å². The number of benzene rings is 3. The molecule has 0 radical (unpaired) electrons. The number of ether oxygens (including phenoxy) is 4. The highest BCUT2D eigenvalue weighted by Gasteiger charge is 2.44. The molecule has 2 N–H and O–H groups in total. The first-order chi connectivity index (χ1) is 27.6. The molecule has 0 aliphatic carbocycles. The Morgan fingerprint density at radius 1 is 0.966 bits per heavy atom. The van der Waals surface area contributed by atoms with Gasteiger partial charge in [0.25, 0.3) is 5.56 Å². The zero-order valence-corrected chi connectivity index (χ0v) is 35.1. The molecule has 59 heavy (non-hydrogen) atoms. The number of rotatable bonds is 14. The molecule has 0 spiro atoms. The molecule has 3 amide bonds. The third kappa shape index (κ3) is 10.4. The van der Waals surface area contributed by atoms with E-state index >= 15 is 0 Å². The van der Waals surface area contributed by atoms with Crippen molar-refractivity contribution in [1.82, 2.24) is 24.7 Å². The summed E-state index contributed by atoms with van der Waals surface area (Å²) in [6.07, 6.45) is -6.10. The third-order valence-electron chi connectivity index (χ3n) is 9.25. The number of aromatic nitrogens is 2. The Balaban J connectivity index is 1.50. The highest BCUT2D eigenvalue weighted by atomic mass is 35.5. The molecule has 1 aromatic heterocycles. The van der Waals surface area contributed by atoms with Crippen LogP contribution in [-0.4, -0.2) is 91.0 Å². The summed E-state index contributed by atoms with van der Waals surface area (Å²) in [6, 6.07) is 8.08. The van der Waals surface area contributed by atoms with Gasteiger partial charge in [-0.25, -0.2) is 27.7 Å². The molecule has 0 saturated carbocycles. The summed E-state index contributed by atoms with van der Waals surface area (Å²) in [6.45, 7) is 5.37. The number of alkyl halides is 3. The molecule has 1 unspecified atom stereocenters. The van der Waals surface area contributed by atoms with E-state index in [0.717, 1.165) is 21.4 Å². The molecular formula is C38H42Cl2F3N5O10S. The Hall–Kier alpha value is -4.98. The Labute approximate surface area is 346 Å². The van der Waals surface area contributed by atoms with E-state index in [4.69, 9.17) is 37.4 Å². The lowest BCUT2D eigenvalue weighted by atomic mass is 10.1. The van der Waals surface area contributed by atoms with Crippen molar-refractivity contribution in [3.05, 3.63) is 90.0 Å². The molecule has 1 atom stereocenters. The van der Waals surface area contributed by atoms with Crippen molar-refractivity contribution in [2.24, 2.45) is 0 Å².